The number of ether oxygens (including phenoxy) is 3. The van der Waals surface area contributed by atoms with Crippen LogP contribution in [-0.2, 0) is 16.7 Å². The molecule has 4 aliphatic rings. The van der Waals surface area contributed by atoms with E-state index < -0.39 is 11.5 Å². The van der Waals surface area contributed by atoms with Crippen LogP contribution in [-0.4, -0.2) is 48.7 Å². The minimum absolute atomic E-state index is 0.0523. The summed E-state index contributed by atoms with van der Waals surface area (Å²) in [5.41, 5.74) is 1.98. The van der Waals surface area contributed by atoms with Crippen molar-refractivity contribution in [1.82, 2.24) is 4.90 Å². The third kappa shape index (κ3) is 1.72. The maximum absolute atomic E-state index is 10.9. The van der Waals surface area contributed by atoms with Gasteiger partial charge in [0.2, 0.25) is 6.79 Å². The van der Waals surface area contributed by atoms with Gasteiger partial charge in [0.1, 0.15) is 0 Å². The first-order valence-electron chi connectivity index (χ1n) is 7.89. The quantitative estimate of drug-likeness (QED) is 0.807. The molecule has 5 atom stereocenters. The van der Waals surface area contributed by atoms with Gasteiger partial charge in [0.25, 0.3) is 0 Å². The van der Waals surface area contributed by atoms with E-state index in [0.717, 1.165) is 28.9 Å². The Bertz CT molecular complexity index is 721. The molecule has 0 saturated carbocycles. The molecule has 1 aliphatic carbocycles. The molecule has 122 valence electrons. The monoisotopic (exact) mass is 379 g/mol. The van der Waals surface area contributed by atoms with Gasteiger partial charge in [-0.05, 0) is 29.7 Å². The Kier molecular flexibility index (Phi) is 2.93. The van der Waals surface area contributed by atoms with E-state index in [4.69, 9.17) is 14.2 Å². The first-order chi connectivity index (χ1) is 11.1. The summed E-state index contributed by atoms with van der Waals surface area (Å²) in [5.74, 6) is 1.59. The number of fused-ring (bicyclic) bond motifs is 2. The van der Waals surface area contributed by atoms with Crippen molar-refractivity contribution in [2.75, 3.05) is 20.4 Å². The van der Waals surface area contributed by atoms with Crippen LogP contribution in [0.5, 0.6) is 11.5 Å². The summed E-state index contributed by atoms with van der Waals surface area (Å²) >= 11 is 3.66. The van der Waals surface area contributed by atoms with Crippen molar-refractivity contribution in [2.24, 2.45) is 0 Å². The molecule has 5 rings (SSSR count). The summed E-state index contributed by atoms with van der Waals surface area (Å²) in [6, 6.07) is 4.39. The van der Waals surface area contributed by atoms with Gasteiger partial charge >= 0.3 is 0 Å². The summed E-state index contributed by atoms with van der Waals surface area (Å²) in [5, 5.41) is 10.9. The summed E-state index contributed by atoms with van der Waals surface area (Å²) in [6.45, 7) is 1.78. The molecular formula is C17H18BrNO4. The van der Waals surface area contributed by atoms with Crippen LogP contribution in [0, 0.1) is 0 Å². The molecule has 1 saturated heterocycles. The van der Waals surface area contributed by atoms with Gasteiger partial charge in [-0.1, -0.05) is 22.0 Å². The maximum Gasteiger partial charge on any atom is 0.231 e. The summed E-state index contributed by atoms with van der Waals surface area (Å²) in [4.78, 5) is 2.37. The average molecular weight is 380 g/mol. The molecule has 0 radical (unpaired) electrons. The lowest BCUT2D eigenvalue weighted by Crippen LogP contribution is -2.52. The van der Waals surface area contributed by atoms with E-state index in [2.05, 4.69) is 39.0 Å². The zero-order chi connectivity index (χ0) is 15.8. The van der Waals surface area contributed by atoms with Crippen molar-refractivity contribution in [1.29, 1.82) is 0 Å². The van der Waals surface area contributed by atoms with Crippen molar-refractivity contribution in [3.63, 3.8) is 0 Å². The highest BCUT2D eigenvalue weighted by molar-refractivity contribution is 9.11. The lowest BCUT2D eigenvalue weighted by Gasteiger charge is -2.47. The third-order valence-corrected chi connectivity index (χ3v) is 6.54. The molecule has 3 heterocycles. The molecule has 2 bridgehead atoms. The van der Waals surface area contributed by atoms with Crippen LogP contribution in [0.4, 0.5) is 0 Å². The van der Waals surface area contributed by atoms with E-state index >= 15 is 0 Å². The molecule has 5 nitrogen and oxygen atoms in total. The molecule has 1 aromatic rings. The van der Waals surface area contributed by atoms with Crippen LogP contribution in [0.1, 0.15) is 17.5 Å². The number of hydrogen-bond acceptors (Lipinski definition) is 5. The smallest absolute Gasteiger partial charge is 0.231 e. The van der Waals surface area contributed by atoms with Crippen molar-refractivity contribution >= 4 is 15.9 Å². The minimum Gasteiger partial charge on any atom is -0.454 e. The highest BCUT2D eigenvalue weighted by atomic mass is 79.9. The van der Waals surface area contributed by atoms with Gasteiger partial charge in [0.15, 0.2) is 11.5 Å². The molecule has 0 aromatic heterocycles. The van der Waals surface area contributed by atoms with E-state index in [-0.39, 0.29) is 18.9 Å². The first-order valence-corrected chi connectivity index (χ1v) is 8.69. The Labute approximate surface area is 142 Å². The van der Waals surface area contributed by atoms with Crippen molar-refractivity contribution < 1.29 is 19.3 Å². The van der Waals surface area contributed by atoms with Crippen LogP contribution in [0.2, 0.25) is 0 Å². The Balaban J connectivity index is 1.74. The van der Waals surface area contributed by atoms with Gasteiger partial charge in [-0.2, -0.15) is 0 Å². The molecule has 23 heavy (non-hydrogen) atoms. The minimum atomic E-state index is -0.431. The lowest BCUT2D eigenvalue weighted by molar-refractivity contribution is 0.0640. The van der Waals surface area contributed by atoms with Crippen molar-refractivity contribution in [3.8, 4) is 11.5 Å². The lowest BCUT2D eigenvalue weighted by atomic mass is 9.65. The number of nitrogens with zero attached hydrogens (tertiary/aromatic N) is 1. The summed E-state index contributed by atoms with van der Waals surface area (Å²) in [7, 11) is 1.74. The zero-order valence-corrected chi connectivity index (χ0v) is 14.4. The number of rotatable bonds is 1. The molecule has 0 spiro atoms. The van der Waals surface area contributed by atoms with Crippen LogP contribution in [0.3, 0.4) is 0 Å². The fourth-order valence-corrected chi connectivity index (χ4v) is 5.51. The first kappa shape index (κ1) is 14.3. The second kappa shape index (κ2) is 4.72. The molecular weight excluding hydrogens is 362 g/mol. The molecule has 1 aromatic carbocycles. The van der Waals surface area contributed by atoms with Gasteiger partial charge in [0.05, 0.1) is 17.6 Å². The highest BCUT2D eigenvalue weighted by Crippen LogP contribution is 2.55. The fourth-order valence-electron chi connectivity index (χ4n) is 4.75. The Hall–Kier alpha value is -1.08. The molecule has 0 amide bonds. The number of aliphatic hydroxyl groups excluding tert-OH is 1. The van der Waals surface area contributed by atoms with Gasteiger partial charge < -0.3 is 19.3 Å². The van der Waals surface area contributed by atoms with Crippen molar-refractivity contribution in [2.45, 2.75) is 36.6 Å². The average Bonchev–Trinajstić information content (AvgIpc) is 3.06. The summed E-state index contributed by atoms with van der Waals surface area (Å²) in [6.07, 6.45) is 2.66. The van der Waals surface area contributed by atoms with Crippen molar-refractivity contribution in [3.05, 3.63) is 33.8 Å². The number of benzene rings is 1. The summed E-state index contributed by atoms with van der Waals surface area (Å²) < 4.78 is 17.7. The number of methoxy groups -OCH3 is 1. The van der Waals surface area contributed by atoms with Crippen LogP contribution >= 0.6 is 15.9 Å². The van der Waals surface area contributed by atoms with Gasteiger partial charge in [0, 0.05) is 30.7 Å². The number of aliphatic hydroxyl groups is 1. The molecule has 6 heteroatoms. The molecule has 1 fully saturated rings. The van der Waals surface area contributed by atoms with Gasteiger partial charge in [-0.3, -0.25) is 4.90 Å². The van der Waals surface area contributed by atoms with E-state index in [0.29, 0.717) is 6.54 Å². The van der Waals surface area contributed by atoms with E-state index in [1.807, 2.05) is 0 Å². The number of hydrogen-bond donors (Lipinski definition) is 1. The van der Waals surface area contributed by atoms with Gasteiger partial charge in [-0.25, -0.2) is 0 Å². The van der Waals surface area contributed by atoms with E-state index in [1.165, 1.54) is 11.1 Å². The van der Waals surface area contributed by atoms with Crippen LogP contribution in [0.15, 0.2) is 22.7 Å². The Morgan fingerprint density at radius 1 is 1.35 bits per heavy atom. The fraction of sp³-hybridized carbons (Fsp3) is 0.529. The second-order valence-corrected chi connectivity index (χ2v) is 7.66. The predicted octanol–water partition coefficient (Wildman–Crippen LogP) is 1.91. The van der Waals surface area contributed by atoms with Gasteiger partial charge in [-0.15, -0.1) is 0 Å². The Morgan fingerprint density at radius 3 is 2.91 bits per heavy atom. The maximum atomic E-state index is 10.9. The predicted molar refractivity (Wildman–Crippen MR) is 86.9 cm³/mol. The SMILES string of the molecule is CO[C@H]1CC2N3Cc4cc5c(cc4[C@@]2(C=C1Br)[C@H](O)C3)OCO5. The topological polar surface area (TPSA) is 51.2 Å². The molecule has 3 aliphatic heterocycles. The second-order valence-electron chi connectivity index (χ2n) is 6.75. The molecule has 1 N–H and O–H groups in total. The van der Waals surface area contributed by atoms with E-state index in [1.54, 1.807) is 7.11 Å². The standard InChI is InChI=1S/C17H18BrNO4/c1-21-12-4-15-17(5-11(12)18)10-3-14-13(22-8-23-14)2-9(10)6-19(15)7-16(17)20/h2-3,5,12,15-16,20H,4,6-8H2,1H3/t12-,15?,16+,17+/m0/s1. The number of halogens is 1. The largest absolute Gasteiger partial charge is 0.454 e. The Morgan fingerprint density at radius 2 is 2.13 bits per heavy atom. The zero-order valence-electron chi connectivity index (χ0n) is 12.8. The van der Waals surface area contributed by atoms with Crippen LogP contribution in [0.25, 0.3) is 0 Å². The van der Waals surface area contributed by atoms with Crippen LogP contribution < -0.4 is 9.47 Å². The normalized spacial score (nSPS) is 39.7. The van der Waals surface area contributed by atoms with E-state index in [9.17, 15) is 5.11 Å². The third-order valence-electron chi connectivity index (χ3n) is 5.80. The molecule has 2 unspecified atom stereocenters. The highest BCUT2D eigenvalue weighted by Gasteiger charge is 2.59.